The predicted molar refractivity (Wildman–Crippen MR) is 114 cm³/mol. The molecule has 3 aromatic rings. The zero-order valence-corrected chi connectivity index (χ0v) is 17.2. The maximum atomic E-state index is 13.6. The third-order valence-corrected chi connectivity index (χ3v) is 5.88. The Morgan fingerprint density at radius 1 is 1.14 bits per heavy atom. The smallest absolute Gasteiger partial charge is 0.260 e. The van der Waals surface area contributed by atoms with Crippen molar-refractivity contribution in [1.82, 2.24) is 9.47 Å². The summed E-state index contributed by atoms with van der Waals surface area (Å²) in [6, 6.07) is 12.6. The number of likely N-dealkylation sites (tertiary alicyclic amines) is 1. The molecule has 1 atom stereocenters. The van der Waals surface area contributed by atoms with Crippen LogP contribution in [0.5, 0.6) is 5.75 Å². The highest BCUT2D eigenvalue weighted by Gasteiger charge is 2.30. The zero-order chi connectivity index (χ0) is 20.4. The fraction of sp³-hybridized carbons (Fsp3) is 0.348. The second kappa shape index (κ2) is 8.47. The Labute approximate surface area is 175 Å². The van der Waals surface area contributed by atoms with E-state index in [1.54, 1.807) is 23.0 Å². The first-order valence-corrected chi connectivity index (χ1v) is 10.4. The van der Waals surface area contributed by atoms with E-state index in [0.717, 1.165) is 31.5 Å². The molecule has 0 bridgehead atoms. The number of furan rings is 1. The van der Waals surface area contributed by atoms with Gasteiger partial charge in [0.05, 0.1) is 24.4 Å². The Morgan fingerprint density at radius 2 is 1.86 bits per heavy atom. The summed E-state index contributed by atoms with van der Waals surface area (Å²) in [4.78, 5) is 15.9. The van der Waals surface area contributed by atoms with Crippen molar-refractivity contribution in [2.75, 3.05) is 13.1 Å². The van der Waals surface area contributed by atoms with Crippen LogP contribution in [0.3, 0.4) is 0 Å². The van der Waals surface area contributed by atoms with Gasteiger partial charge in [0.2, 0.25) is 0 Å². The number of aromatic hydroxyl groups is 1. The molecular weight excluding hydrogens is 388 g/mol. The average Bonchev–Trinajstić information content (AvgIpc) is 3.23. The van der Waals surface area contributed by atoms with E-state index < -0.39 is 0 Å². The highest BCUT2D eigenvalue weighted by molar-refractivity contribution is 6.30. The molecule has 2 aromatic heterocycles. The van der Waals surface area contributed by atoms with Crippen LogP contribution in [-0.2, 0) is 6.54 Å². The summed E-state index contributed by atoms with van der Waals surface area (Å²) >= 11 is 6.10. The molecular formula is C23H25ClN2O3. The summed E-state index contributed by atoms with van der Waals surface area (Å²) in [5.41, 5.74) is 1.87. The molecule has 0 aliphatic carbocycles. The highest BCUT2D eigenvalue weighted by Crippen LogP contribution is 2.34. The lowest BCUT2D eigenvalue weighted by Gasteiger charge is -2.35. The third kappa shape index (κ3) is 4.11. The number of halogens is 1. The lowest BCUT2D eigenvalue weighted by molar-refractivity contribution is 0.183. The maximum absolute atomic E-state index is 13.6. The molecule has 1 saturated heterocycles. The first-order valence-electron chi connectivity index (χ1n) is 10.00. The van der Waals surface area contributed by atoms with Crippen molar-refractivity contribution >= 4 is 11.6 Å². The molecule has 4 rings (SSSR count). The largest absolute Gasteiger partial charge is 0.507 e. The molecule has 0 unspecified atom stereocenters. The summed E-state index contributed by atoms with van der Waals surface area (Å²) < 4.78 is 7.11. The van der Waals surface area contributed by atoms with Gasteiger partial charge in [-0.05, 0) is 68.8 Å². The van der Waals surface area contributed by atoms with Gasteiger partial charge in [0, 0.05) is 10.7 Å². The minimum absolute atomic E-state index is 0.0359. The second-order valence-corrected chi connectivity index (χ2v) is 8.04. The van der Waals surface area contributed by atoms with Gasteiger partial charge in [-0.3, -0.25) is 9.69 Å². The van der Waals surface area contributed by atoms with Gasteiger partial charge in [-0.2, -0.15) is 0 Å². The lowest BCUT2D eigenvalue weighted by atomic mass is 9.94. The second-order valence-electron chi connectivity index (χ2n) is 7.61. The van der Waals surface area contributed by atoms with Gasteiger partial charge in [-0.1, -0.05) is 30.2 Å². The van der Waals surface area contributed by atoms with Crippen LogP contribution in [-0.4, -0.2) is 27.7 Å². The Balaban J connectivity index is 1.85. The topological polar surface area (TPSA) is 58.6 Å². The number of hydrogen-bond donors (Lipinski definition) is 1. The Kier molecular flexibility index (Phi) is 5.79. The van der Waals surface area contributed by atoms with E-state index in [1.165, 1.54) is 6.42 Å². The summed E-state index contributed by atoms with van der Waals surface area (Å²) in [5.74, 6) is 0.738. The summed E-state index contributed by atoms with van der Waals surface area (Å²) in [5, 5.41) is 11.5. The van der Waals surface area contributed by atoms with Crippen LogP contribution in [0.15, 0.2) is 57.9 Å². The van der Waals surface area contributed by atoms with Gasteiger partial charge in [0.1, 0.15) is 11.5 Å². The number of nitrogens with zero attached hydrogens (tertiary/aromatic N) is 2. The minimum atomic E-state index is -0.316. The molecule has 0 saturated carbocycles. The number of aryl methyl sites for hydroxylation is 1. The van der Waals surface area contributed by atoms with E-state index >= 15 is 0 Å². The Bertz CT molecular complexity index is 1020. The van der Waals surface area contributed by atoms with Crippen LogP contribution in [0.2, 0.25) is 5.02 Å². The van der Waals surface area contributed by atoms with E-state index in [9.17, 15) is 9.90 Å². The Morgan fingerprint density at radius 3 is 2.52 bits per heavy atom. The molecule has 5 nitrogen and oxygen atoms in total. The third-order valence-electron chi connectivity index (χ3n) is 5.63. The van der Waals surface area contributed by atoms with Gasteiger partial charge in [-0.15, -0.1) is 0 Å². The number of pyridine rings is 1. The van der Waals surface area contributed by atoms with E-state index in [1.807, 2.05) is 37.3 Å². The maximum Gasteiger partial charge on any atom is 0.260 e. The van der Waals surface area contributed by atoms with Crippen LogP contribution in [0.25, 0.3) is 0 Å². The van der Waals surface area contributed by atoms with E-state index in [0.29, 0.717) is 28.6 Å². The number of hydrogen-bond acceptors (Lipinski definition) is 4. The molecule has 1 fully saturated rings. The lowest BCUT2D eigenvalue weighted by Crippen LogP contribution is -2.38. The summed E-state index contributed by atoms with van der Waals surface area (Å²) in [6.45, 7) is 3.93. The van der Waals surface area contributed by atoms with Gasteiger partial charge < -0.3 is 14.1 Å². The van der Waals surface area contributed by atoms with Crippen LogP contribution in [0.4, 0.5) is 0 Å². The van der Waals surface area contributed by atoms with Crippen molar-refractivity contribution in [3.05, 3.63) is 86.7 Å². The number of aromatic nitrogens is 1. The van der Waals surface area contributed by atoms with E-state index in [4.69, 9.17) is 16.0 Å². The molecule has 0 radical (unpaired) electrons. The predicted octanol–water partition coefficient (Wildman–Crippen LogP) is 4.73. The van der Waals surface area contributed by atoms with Crippen LogP contribution < -0.4 is 5.56 Å². The first-order chi connectivity index (χ1) is 14.0. The highest BCUT2D eigenvalue weighted by atomic mass is 35.5. The van der Waals surface area contributed by atoms with Crippen LogP contribution in [0, 0.1) is 6.92 Å². The quantitative estimate of drug-likeness (QED) is 0.658. The average molecular weight is 413 g/mol. The van der Waals surface area contributed by atoms with Gasteiger partial charge in [0.25, 0.3) is 5.56 Å². The normalized spacial score (nSPS) is 16.1. The number of rotatable bonds is 5. The molecule has 29 heavy (non-hydrogen) atoms. The van der Waals surface area contributed by atoms with E-state index in [2.05, 4.69) is 4.90 Å². The molecule has 0 spiro atoms. The van der Waals surface area contributed by atoms with Crippen LogP contribution in [0.1, 0.15) is 47.9 Å². The molecule has 3 heterocycles. The standard InChI is InChI=1S/C23H25ClN2O3/c1-16-14-20(27)21(23(28)26(16)15-19-6-5-13-29-19)22(25-11-3-2-4-12-25)17-7-9-18(24)10-8-17/h5-10,13-14,22,27H,2-4,11-12,15H2,1H3/t22-/m1/s1. The SMILES string of the molecule is Cc1cc(O)c([C@@H](c2ccc(Cl)cc2)N2CCCCC2)c(=O)n1Cc1ccco1. The Hall–Kier alpha value is -2.50. The molecule has 6 heteroatoms. The van der Waals surface area contributed by atoms with Crippen molar-refractivity contribution in [3.8, 4) is 5.75 Å². The summed E-state index contributed by atoms with van der Waals surface area (Å²) in [6.07, 6.45) is 4.95. The summed E-state index contributed by atoms with van der Waals surface area (Å²) in [7, 11) is 0. The number of piperidine rings is 1. The van der Waals surface area contributed by atoms with E-state index in [-0.39, 0.29) is 17.4 Å². The fourth-order valence-electron chi connectivity index (χ4n) is 4.16. The van der Waals surface area contributed by atoms with Gasteiger partial charge in [0.15, 0.2) is 0 Å². The number of benzene rings is 1. The molecule has 0 amide bonds. The first kappa shape index (κ1) is 19.8. The molecule has 1 aliphatic rings. The van der Waals surface area contributed by atoms with Crippen molar-refractivity contribution in [2.24, 2.45) is 0 Å². The minimum Gasteiger partial charge on any atom is -0.507 e. The van der Waals surface area contributed by atoms with Crippen molar-refractivity contribution in [1.29, 1.82) is 0 Å². The van der Waals surface area contributed by atoms with Gasteiger partial charge in [-0.25, -0.2) is 0 Å². The molecule has 1 aliphatic heterocycles. The molecule has 1 aromatic carbocycles. The van der Waals surface area contributed by atoms with Gasteiger partial charge >= 0.3 is 0 Å². The van der Waals surface area contributed by atoms with Crippen molar-refractivity contribution in [2.45, 2.75) is 38.8 Å². The molecule has 1 N–H and O–H groups in total. The van der Waals surface area contributed by atoms with Crippen molar-refractivity contribution < 1.29 is 9.52 Å². The monoisotopic (exact) mass is 412 g/mol. The zero-order valence-electron chi connectivity index (χ0n) is 16.5. The van der Waals surface area contributed by atoms with Crippen molar-refractivity contribution in [3.63, 3.8) is 0 Å². The fourth-order valence-corrected chi connectivity index (χ4v) is 4.29. The van der Waals surface area contributed by atoms with Crippen LogP contribution >= 0.6 is 11.6 Å². The molecule has 152 valence electrons.